The molecule has 16 heavy (non-hydrogen) atoms. The number of hydrogen-bond donors (Lipinski definition) is 1. The molecule has 2 unspecified atom stereocenters. The summed E-state index contributed by atoms with van der Waals surface area (Å²) < 4.78 is 0. The Morgan fingerprint density at radius 2 is 2.06 bits per heavy atom. The van der Waals surface area contributed by atoms with Crippen molar-refractivity contribution < 1.29 is 0 Å². The summed E-state index contributed by atoms with van der Waals surface area (Å²) in [7, 11) is 0. The molecule has 1 heterocycles. The summed E-state index contributed by atoms with van der Waals surface area (Å²) in [6.45, 7) is 2.18. The van der Waals surface area contributed by atoms with Crippen LogP contribution in [0.1, 0.15) is 48.3 Å². The molecule has 0 spiro atoms. The van der Waals surface area contributed by atoms with Crippen LogP contribution >= 0.6 is 11.3 Å². The van der Waals surface area contributed by atoms with Crippen LogP contribution in [0.4, 0.5) is 0 Å². The molecule has 0 saturated heterocycles. The number of aryl methyl sites for hydroxylation is 1. The van der Waals surface area contributed by atoms with E-state index in [1.54, 1.807) is 0 Å². The molecule has 0 bridgehead atoms. The first-order valence-corrected chi connectivity index (χ1v) is 7.35. The second-order valence-corrected chi connectivity index (χ2v) is 7.05. The fourth-order valence-corrected chi connectivity index (χ4v) is 4.26. The molecule has 0 amide bonds. The van der Waals surface area contributed by atoms with E-state index in [0.717, 1.165) is 11.8 Å². The lowest BCUT2D eigenvalue weighted by atomic mass is 9.73. The fraction of sp³-hybridized carbons (Fsp3) is 0.714. The average Bonchev–Trinajstić information content (AvgIpc) is 3.01. The fourth-order valence-electron chi connectivity index (χ4n) is 3.25. The summed E-state index contributed by atoms with van der Waals surface area (Å²) >= 11 is 1.90. The van der Waals surface area contributed by atoms with Gasteiger partial charge < -0.3 is 5.73 Å². The first-order valence-electron chi connectivity index (χ1n) is 6.53. The number of hydrogen-bond acceptors (Lipinski definition) is 2. The molecule has 88 valence electrons. The van der Waals surface area contributed by atoms with Gasteiger partial charge in [0.25, 0.3) is 0 Å². The zero-order valence-electron chi connectivity index (χ0n) is 10.0. The van der Waals surface area contributed by atoms with Gasteiger partial charge in [-0.15, -0.1) is 11.3 Å². The number of rotatable bonds is 2. The predicted molar refractivity (Wildman–Crippen MR) is 69.6 cm³/mol. The molecule has 1 nitrogen and oxygen atoms in total. The molecular weight excluding hydrogens is 214 g/mol. The van der Waals surface area contributed by atoms with Crippen LogP contribution in [-0.4, -0.2) is 0 Å². The largest absolute Gasteiger partial charge is 0.321 e. The highest BCUT2D eigenvalue weighted by molar-refractivity contribution is 7.12. The Balaban J connectivity index is 1.80. The highest BCUT2D eigenvalue weighted by Gasteiger charge is 2.41. The average molecular weight is 235 g/mol. The second-order valence-electron chi connectivity index (χ2n) is 5.76. The molecule has 1 aromatic heterocycles. The predicted octanol–water partition coefficient (Wildman–Crippen LogP) is 3.81. The van der Waals surface area contributed by atoms with E-state index in [4.69, 9.17) is 5.73 Å². The van der Waals surface area contributed by atoms with E-state index in [1.807, 2.05) is 11.3 Å². The maximum atomic E-state index is 6.66. The standard InChI is InChI=1S/C14H21NS/c1-10-4-7-13(16-10)14(15)8-2-3-12(9-14)11-5-6-11/h4,7,11-12H,2-3,5-6,8-9,15H2,1H3. The van der Waals surface area contributed by atoms with Gasteiger partial charge in [-0.1, -0.05) is 12.8 Å². The maximum Gasteiger partial charge on any atom is 0.0506 e. The van der Waals surface area contributed by atoms with Crippen LogP contribution in [0.15, 0.2) is 12.1 Å². The Kier molecular flexibility index (Phi) is 2.60. The topological polar surface area (TPSA) is 26.0 Å². The van der Waals surface area contributed by atoms with Crippen LogP contribution in [0.5, 0.6) is 0 Å². The Bertz CT molecular complexity index is 380. The van der Waals surface area contributed by atoms with E-state index in [9.17, 15) is 0 Å². The van der Waals surface area contributed by atoms with Crippen molar-refractivity contribution in [2.45, 2.75) is 51.0 Å². The Labute approximate surface area is 102 Å². The molecule has 2 fully saturated rings. The van der Waals surface area contributed by atoms with E-state index < -0.39 is 0 Å². The summed E-state index contributed by atoms with van der Waals surface area (Å²) in [6, 6.07) is 4.48. The third kappa shape index (κ3) is 1.93. The van der Waals surface area contributed by atoms with E-state index in [1.165, 1.54) is 48.3 Å². The Hall–Kier alpha value is -0.340. The summed E-state index contributed by atoms with van der Waals surface area (Å²) in [5, 5.41) is 0. The summed E-state index contributed by atoms with van der Waals surface area (Å²) in [4.78, 5) is 2.82. The zero-order valence-corrected chi connectivity index (χ0v) is 10.9. The molecule has 2 aliphatic rings. The van der Waals surface area contributed by atoms with Gasteiger partial charge in [0.15, 0.2) is 0 Å². The second kappa shape index (κ2) is 3.85. The van der Waals surface area contributed by atoms with Gasteiger partial charge >= 0.3 is 0 Å². The molecule has 0 aromatic carbocycles. The number of nitrogens with two attached hydrogens (primary N) is 1. The van der Waals surface area contributed by atoms with Crippen LogP contribution in [0.25, 0.3) is 0 Å². The highest BCUT2D eigenvalue weighted by Crippen LogP contribution is 2.49. The lowest BCUT2D eigenvalue weighted by Gasteiger charge is -2.37. The van der Waals surface area contributed by atoms with Crippen molar-refractivity contribution in [3.63, 3.8) is 0 Å². The SMILES string of the molecule is Cc1ccc(C2(N)CCCC(C3CC3)C2)s1. The summed E-state index contributed by atoms with van der Waals surface area (Å²) in [6.07, 6.45) is 8.10. The van der Waals surface area contributed by atoms with Gasteiger partial charge in [0, 0.05) is 9.75 Å². The van der Waals surface area contributed by atoms with Crippen LogP contribution in [0, 0.1) is 18.8 Å². The van der Waals surface area contributed by atoms with Crippen molar-refractivity contribution >= 4 is 11.3 Å². The van der Waals surface area contributed by atoms with Gasteiger partial charge in [-0.2, -0.15) is 0 Å². The minimum absolute atomic E-state index is 0.00440. The molecule has 3 rings (SSSR count). The zero-order chi connectivity index (χ0) is 11.2. The molecule has 1 aromatic rings. The summed E-state index contributed by atoms with van der Waals surface area (Å²) in [5.74, 6) is 1.94. The van der Waals surface area contributed by atoms with Crippen LogP contribution < -0.4 is 5.73 Å². The molecule has 0 radical (unpaired) electrons. The van der Waals surface area contributed by atoms with Gasteiger partial charge in [0.2, 0.25) is 0 Å². The Morgan fingerprint density at radius 1 is 1.25 bits per heavy atom. The molecule has 2 aliphatic carbocycles. The maximum absolute atomic E-state index is 6.66. The van der Waals surface area contributed by atoms with Crippen molar-refractivity contribution in [3.05, 3.63) is 21.9 Å². The quantitative estimate of drug-likeness (QED) is 0.828. The molecule has 2 atom stereocenters. The van der Waals surface area contributed by atoms with E-state index in [0.29, 0.717) is 0 Å². The van der Waals surface area contributed by atoms with E-state index >= 15 is 0 Å². The summed E-state index contributed by atoms with van der Waals surface area (Å²) in [5.41, 5.74) is 6.66. The molecule has 2 N–H and O–H groups in total. The lowest BCUT2D eigenvalue weighted by molar-refractivity contribution is 0.210. The molecular formula is C14H21NS. The van der Waals surface area contributed by atoms with Crippen molar-refractivity contribution in [2.24, 2.45) is 17.6 Å². The van der Waals surface area contributed by atoms with Gasteiger partial charge in [-0.05, 0) is 56.6 Å². The minimum Gasteiger partial charge on any atom is -0.321 e. The van der Waals surface area contributed by atoms with Crippen molar-refractivity contribution in [2.75, 3.05) is 0 Å². The Morgan fingerprint density at radius 3 is 2.69 bits per heavy atom. The van der Waals surface area contributed by atoms with Crippen molar-refractivity contribution in [3.8, 4) is 0 Å². The third-order valence-corrected chi connectivity index (χ3v) is 5.56. The third-order valence-electron chi connectivity index (χ3n) is 4.34. The van der Waals surface area contributed by atoms with Crippen LogP contribution in [-0.2, 0) is 5.54 Å². The van der Waals surface area contributed by atoms with Crippen LogP contribution in [0.3, 0.4) is 0 Å². The monoisotopic (exact) mass is 235 g/mol. The van der Waals surface area contributed by atoms with Gasteiger partial charge in [0.05, 0.1) is 5.54 Å². The first kappa shape index (κ1) is 10.8. The normalized spacial score (nSPS) is 35.2. The van der Waals surface area contributed by atoms with Crippen molar-refractivity contribution in [1.82, 2.24) is 0 Å². The highest BCUT2D eigenvalue weighted by atomic mass is 32.1. The van der Waals surface area contributed by atoms with Crippen molar-refractivity contribution in [1.29, 1.82) is 0 Å². The van der Waals surface area contributed by atoms with Gasteiger partial charge in [0.1, 0.15) is 0 Å². The van der Waals surface area contributed by atoms with Gasteiger partial charge in [-0.3, -0.25) is 0 Å². The van der Waals surface area contributed by atoms with E-state index in [-0.39, 0.29) is 5.54 Å². The molecule has 0 aliphatic heterocycles. The molecule has 2 heteroatoms. The first-order chi connectivity index (χ1) is 7.67. The minimum atomic E-state index is 0.00440. The van der Waals surface area contributed by atoms with Gasteiger partial charge in [-0.25, -0.2) is 0 Å². The van der Waals surface area contributed by atoms with E-state index in [2.05, 4.69) is 19.1 Å². The smallest absolute Gasteiger partial charge is 0.0506 e. The number of thiophene rings is 1. The molecule has 2 saturated carbocycles. The lowest BCUT2D eigenvalue weighted by Crippen LogP contribution is -2.41. The van der Waals surface area contributed by atoms with Crippen LogP contribution in [0.2, 0.25) is 0 Å².